The zero-order chi connectivity index (χ0) is 18.1. The van der Waals surface area contributed by atoms with Crippen molar-refractivity contribution < 1.29 is 9.53 Å². The highest BCUT2D eigenvalue weighted by Crippen LogP contribution is 2.33. The molecule has 26 heavy (non-hydrogen) atoms. The summed E-state index contributed by atoms with van der Waals surface area (Å²) in [5, 5.41) is 8.24. The standard InChI is InChI=1S/C18H16Cl2N4O2/c19-13-5-11(6-14(20)8-13)15-10-22-23-17(15)12-7-16(21-9-12)18(25)24-1-3-26-4-2-24/h5-10,21H,1-4H2,(H,22,23). The lowest BCUT2D eigenvalue weighted by molar-refractivity contribution is 0.0299. The van der Waals surface area contributed by atoms with Gasteiger partial charge in [-0.15, -0.1) is 0 Å². The van der Waals surface area contributed by atoms with Crippen LogP contribution in [0.3, 0.4) is 0 Å². The Morgan fingerprint density at radius 2 is 1.81 bits per heavy atom. The maximum absolute atomic E-state index is 12.6. The lowest BCUT2D eigenvalue weighted by Crippen LogP contribution is -2.40. The van der Waals surface area contributed by atoms with Crippen molar-refractivity contribution in [2.75, 3.05) is 26.3 Å². The van der Waals surface area contributed by atoms with Crippen LogP contribution in [-0.4, -0.2) is 52.3 Å². The minimum atomic E-state index is -0.0357. The highest BCUT2D eigenvalue weighted by atomic mass is 35.5. The minimum absolute atomic E-state index is 0.0357. The fourth-order valence-corrected chi connectivity index (χ4v) is 3.56. The maximum atomic E-state index is 12.6. The molecule has 4 rings (SSSR count). The molecule has 0 unspecified atom stereocenters. The fourth-order valence-electron chi connectivity index (χ4n) is 3.03. The number of ether oxygens (including phenoxy) is 1. The van der Waals surface area contributed by atoms with Gasteiger partial charge >= 0.3 is 0 Å². The molecule has 1 aliphatic heterocycles. The number of amides is 1. The van der Waals surface area contributed by atoms with E-state index in [1.165, 1.54) is 0 Å². The number of hydrogen-bond acceptors (Lipinski definition) is 3. The van der Waals surface area contributed by atoms with Crippen molar-refractivity contribution in [3.05, 3.63) is 52.4 Å². The van der Waals surface area contributed by atoms with Crippen LogP contribution in [0.25, 0.3) is 22.4 Å². The molecule has 0 saturated carbocycles. The average molecular weight is 391 g/mol. The van der Waals surface area contributed by atoms with Crippen molar-refractivity contribution in [2.24, 2.45) is 0 Å². The van der Waals surface area contributed by atoms with E-state index in [1.54, 1.807) is 23.4 Å². The molecule has 0 radical (unpaired) electrons. The molecule has 1 fully saturated rings. The average Bonchev–Trinajstić information content (AvgIpc) is 3.30. The molecule has 1 aliphatic rings. The Hall–Kier alpha value is -2.28. The van der Waals surface area contributed by atoms with E-state index >= 15 is 0 Å². The van der Waals surface area contributed by atoms with Gasteiger partial charge in [-0.05, 0) is 29.8 Å². The summed E-state index contributed by atoms with van der Waals surface area (Å²) in [7, 11) is 0. The summed E-state index contributed by atoms with van der Waals surface area (Å²) in [6.45, 7) is 2.34. The number of carbonyl (C=O) groups is 1. The van der Waals surface area contributed by atoms with Gasteiger partial charge < -0.3 is 14.6 Å². The normalized spacial score (nSPS) is 14.6. The van der Waals surface area contributed by atoms with Crippen LogP contribution in [0.2, 0.25) is 10.0 Å². The third-order valence-electron chi connectivity index (χ3n) is 4.31. The number of aromatic amines is 2. The van der Waals surface area contributed by atoms with Crippen molar-refractivity contribution in [3.63, 3.8) is 0 Å². The van der Waals surface area contributed by atoms with Crippen molar-refractivity contribution >= 4 is 29.1 Å². The molecule has 8 heteroatoms. The first-order valence-corrected chi connectivity index (χ1v) is 8.93. The number of halogens is 2. The van der Waals surface area contributed by atoms with E-state index in [2.05, 4.69) is 15.2 Å². The van der Waals surface area contributed by atoms with Crippen LogP contribution in [0.15, 0.2) is 36.7 Å². The van der Waals surface area contributed by atoms with Crippen LogP contribution in [0.1, 0.15) is 10.5 Å². The van der Waals surface area contributed by atoms with Gasteiger partial charge in [0.15, 0.2) is 0 Å². The zero-order valence-corrected chi connectivity index (χ0v) is 15.3. The highest BCUT2D eigenvalue weighted by Gasteiger charge is 2.21. The van der Waals surface area contributed by atoms with E-state index in [0.717, 1.165) is 22.4 Å². The van der Waals surface area contributed by atoms with Crippen molar-refractivity contribution in [2.45, 2.75) is 0 Å². The number of nitrogens with zero attached hydrogens (tertiary/aromatic N) is 2. The van der Waals surface area contributed by atoms with Crippen LogP contribution < -0.4 is 0 Å². The van der Waals surface area contributed by atoms with Crippen LogP contribution in [0.5, 0.6) is 0 Å². The topological polar surface area (TPSA) is 74.0 Å². The summed E-state index contributed by atoms with van der Waals surface area (Å²) in [5.41, 5.74) is 3.88. The van der Waals surface area contributed by atoms with Crippen LogP contribution in [0, 0.1) is 0 Å². The number of aromatic nitrogens is 3. The molecule has 2 aromatic heterocycles. The van der Waals surface area contributed by atoms with E-state index in [0.29, 0.717) is 42.0 Å². The molecule has 3 aromatic rings. The number of morpholine rings is 1. The van der Waals surface area contributed by atoms with Crippen LogP contribution >= 0.6 is 23.2 Å². The summed E-state index contributed by atoms with van der Waals surface area (Å²) in [6.07, 6.45) is 3.50. The first-order valence-electron chi connectivity index (χ1n) is 8.17. The molecule has 134 valence electrons. The fraction of sp³-hybridized carbons (Fsp3) is 0.222. The Balaban J connectivity index is 1.64. The molecular weight excluding hydrogens is 375 g/mol. The van der Waals surface area contributed by atoms with E-state index in [1.807, 2.05) is 18.2 Å². The van der Waals surface area contributed by atoms with Gasteiger partial charge in [-0.1, -0.05) is 23.2 Å². The smallest absolute Gasteiger partial charge is 0.270 e. The van der Waals surface area contributed by atoms with Gasteiger partial charge in [0.1, 0.15) is 5.69 Å². The minimum Gasteiger partial charge on any atom is -0.378 e. The van der Waals surface area contributed by atoms with E-state index in [-0.39, 0.29) is 5.91 Å². The van der Waals surface area contributed by atoms with Gasteiger partial charge in [0.05, 0.1) is 25.1 Å². The molecule has 0 bridgehead atoms. The predicted molar refractivity (Wildman–Crippen MR) is 101 cm³/mol. The third kappa shape index (κ3) is 3.35. The molecule has 0 atom stereocenters. The lowest BCUT2D eigenvalue weighted by atomic mass is 10.0. The Labute approximate surface area is 160 Å². The van der Waals surface area contributed by atoms with Crippen molar-refractivity contribution in [3.8, 4) is 22.4 Å². The number of benzene rings is 1. The Morgan fingerprint density at radius 3 is 2.54 bits per heavy atom. The van der Waals surface area contributed by atoms with E-state index in [9.17, 15) is 4.79 Å². The highest BCUT2D eigenvalue weighted by molar-refractivity contribution is 6.35. The second kappa shape index (κ2) is 7.15. The van der Waals surface area contributed by atoms with Crippen molar-refractivity contribution in [1.29, 1.82) is 0 Å². The second-order valence-corrected chi connectivity index (χ2v) is 6.90. The summed E-state index contributed by atoms with van der Waals surface area (Å²) < 4.78 is 5.29. The van der Waals surface area contributed by atoms with E-state index in [4.69, 9.17) is 27.9 Å². The molecular formula is C18H16Cl2N4O2. The number of hydrogen-bond donors (Lipinski definition) is 2. The summed E-state index contributed by atoms with van der Waals surface area (Å²) in [4.78, 5) is 17.4. The molecule has 1 aromatic carbocycles. The maximum Gasteiger partial charge on any atom is 0.270 e. The van der Waals surface area contributed by atoms with Gasteiger partial charge in [0, 0.05) is 40.5 Å². The Morgan fingerprint density at radius 1 is 1.08 bits per heavy atom. The first-order chi connectivity index (χ1) is 12.6. The number of H-pyrrole nitrogens is 2. The lowest BCUT2D eigenvalue weighted by Gasteiger charge is -2.26. The Bertz CT molecular complexity index is 924. The molecule has 1 amide bonds. The van der Waals surface area contributed by atoms with Gasteiger partial charge in [0.2, 0.25) is 0 Å². The summed E-state index contributed by atoms with van der Waals surface area (Å²) in [6, 6.07) is 7.16. The monoisotopic (exact) mass is 390 g/mol. The SMILES string of the molecule is O=C(c1cc(-c2[nH]ncc2-c2cc(Cl)cc(Cl)c2)c[nH]1)N1CCOCC1. The van der Waals surface area contributed by atoms with Crippen LogP contribution in [0.4, 0.5) is 0 Å². The van der Waals surface area contributed by atoms with E-state index < -0.39 is 0 Å². The Kier molecular flexibility index (Phi) is 4.72. The predicted octanol–water partition coefficient (Wildman–Crippen LogP) is 3.85. The molecule has 0 aliphatic carbocycles. The van der Waals surface area contributed by atoms with Gasteiger partial charge in [-0.2, -0.15) is 5.10 Å². The zero-order valence-electron chi connectivity index (χ0n) is 13.8. The van der Waals surface area contributed by atoms with Gasteiger partial charge in [-0.3, -0.25) is 9.89 Å². The van der Waals surface area contributed by atoms with Gasteiger partial charge in [-0.25, -0.2) is 0 Å². The largest absolute Gasteiger partial charge is 0.378 e. The van der Waals surface area contributed by atoms with Gasteiger partial charge in [0.25, 0.3) is 5.91 Å². The molecule has 3 heterocycles. The summed E-state index contributed by atoms with van der Waals surface area (Å²) >= 11 is 12.2. The third-order valence-corrected chi connectivity index (χ3v) is 4.75. The summed E-state index contributed by atoms with van der Waals surface area (Å²) in [5.74, 6) is -0.0357. The molecule has 6 nitrogen and oxygen atoms in total. The number of nitrogens with one attached hydrogen (secondary N) is 2. The quantitative estimate of drug-likeness (QED) is 0.712. The second-order valence-electron chi connectivity index (χ2n) is 6.02. The molecule has 0 spiro atoms. The first kappa shape index (κ1) is 17.1. The number of rotatable bonds is 3. The van der Waals surface area contributed by atoms with Crippen molar-refractivity contribution in [1.82, 2.24) is 20.1 Å². The van der Waals surface area contributed by atoms with Crippen LogP contribution in [-0.2, 0) is 4.74 Å². The molecule has 2 N–H and O–H groups in total. The number of carbonyl (C=O) groups excluding carboxylic acids is 1. The molecule has 1 saturated heterocycles.